The summed E-state index contributed by atoms with van der Waals surface area (Å²) in [5.41, 5.74) is 0.362. The fraction of sp³-hybridized carbons (Fsp3) is 0.222. The Morgan fingerprint density at radius 1 is 1.54 bits per heavy atom. The van der Waals surface area contributed by atoms with Crippen LogP contribution in [0.25, 0.3) is 0 Å². The van der Waals surface area contributed by atoms with Gasteiger partial charge in [0.25, 0.3) is 5.91 Å². The molecule has 0 aromatic carbocycles. The summed E-state index contributed by atoms with van der Waals surface area (Å²) >= 11 is 0. The monoisotopic (exact) mass is 177 g/mol. The van der Waals surface area contributed by atoms with Crippen molar-refractivity contribution in [1.29, 1.82) is 0 Å². The molecule has 0 bridgehead atoms. The maximum absolute atomic E-state index is 11.3. The van der Waals surface area contributed by atoms with Crippen molar-refractivity contribution in [2.45, 2.75) is 0 Å². The zero-order valence-corrected chi connectivity index (χ0v) is 7.64. The van der Waals surface area contributed by atoms with Crippen LogP contribution in [0, 0.1) is 0 Å². The Labute approximate surface area is 76.9 Å². The lowest BCUT2D eigenvalue weighted by Gasteiger charge is -2.00. The molecule has 0 radical (unpaired) electrons. The first kappa shape index (κ1) is 9.38. The van der Waals surface area contributed by atoms with Gasteiger partial charge in [0.2, 0.25) is 0 Å². The van der Waals surface area contributed by atoms with Crippen molar-refractivity contribution in [3.05, 3.63) is 30.1 Å². The van der Waals surface area contributed by atoms with Gasteiger partial charge in [0.15, 0.2) is 0 Å². The smallest absolute Gasteiger partial charge is 0.296 e. The number of aromatic nitrogens is 1. The van der Waals surface area contributed by atoms with Crippen LogP contribution in [0.5, 0.6) is 0 Å². The number of pyridine rings is 1. The van der Waals surface area contributed by atoms with Crippen LogP contribution in [0.15, 0.2) is 29.4 Å². The molecule has 0 unspecified atom stereocenters. The molecule has 68 valence electrons. The van der Waals surface area contributed by atoms with Crippen LogP contribution in [-0.4, -0.2) is 36.2 Å². The normalized spacial score (nSPS) is 10.3. The van der Waals surface area contributed by atoms with Crippen molar-refractivity contribution in [3.63, 3.8) is 0 Å². The van der Waals surface area contributed by atoms with Crippen molar-refractivity contribution in [1.82, 2.24) is 9.88 Å². The number of carbonyl (C=O) groups is 1. The van der Waals surface area contributed by atoms with Gasteiger partial charge < -0.3 is 4.90 Å². The molecule has 0 spiro atoms. The maximum Gasteiger partial charge on any atom is 0.296 e. The summed E-state index contributed by atoms with van der Waals surface area (Å²) in [4.78, 5) is 20.5. The highest BCUT2D eigenvalue weighted by molar-refractivity contribution is 5.96. The minimum absolute atomic E-state index is 0.325. The Morgan fingerprint density at radius 2 is 2.31 bits per heavy atom. The van der Waals surface area contributed by atoms with E-state index in [1.54, 1.807) is 43.4 Å². The molecule has 1 aromatic rings. The Balaban J connectivity index is 2.70. The van der Waals surface area contributed by atoms with E-state index in [9.17, 15) is 4.79 Å². The van der Waals surface area contributed by atoms with E-state index in [-0.39, 0.29) is 5.91 Å². The Kier molecular flexibility index (Phi) is 3.14. The van der Waals surface area contributed by atoms with Crippen LogP contribution in [0.1, 0.15) is 10.5 Å². The number of hydrogen-bond acceptors (Lipinski definition) is 2. The van der Waals surface area contributed by atoms with Crippen LogP contribution in [-0.2, 0) is 0 Å². The number of nitrogens with zero attached hydrogens (tertiary/aromatic N) is 3. The summed E-state index contributed by atoms with van der Waals surface area (Å²) in [7, 11) is 3.60. The number of hydrogen-bond donors (Lipinski definition) is 0. The third kappa shape index (κ3) is 3.02. The van der Waals surface area contributed by atoms with Gasteiger partial charge in [-0.3, -0.25) is 9.78 Å². The Morgan fingerprint density at radius 3 is 2.85 bits per heavy atom. The van der Waals surface area contributed by atoms with Gasteiger partial charge in [-0.2, -0.15) is 4.99 Å². The largest absolute Gasteiger partial charge is 0.369 e. The topological polar surface area (TPSA) is 45.6 Å². The third-order valence-electron chi connectivity index (χ3n) is 1.29. The van der Waals surface area contributed by atoms with Crippen molar-refractivity contribution < 1.29 is 4.79 Å². The Hall–Kier alpha value is -1.71. The summed E-state index contributed by atoms with van der Waals surface area (Å²) in [5, 5.41) is 0. The number of amides is 1. The van der Waals surface area contributed by atoms with E-state index in [4.69, 9.17) is 0 Å². The second kappa shape index (κ2) is 4.35. The molecule has 13 heavy (non-hydrogen) atoms. The summed E-state index contributed by atoms with van der Waals surface area (Å²) in [5.74, 6) is -0.325. The Bertz CT molecular complexity index is 306. The molecular weight excluding hydrogens is 166 g/mol. The molecule has 0 fully saturated rings. The summed E-state index contributed by atoms with van der Waals surface area (Å²) in [6.45, 7) is 0. The lowest BCUT2D eigenvalue weighted by atomic mass is 10.3. The van der Waals surface area contributed by atoms with E-state index in [0.29, 0.717) is 5.69 Å². The lowest BCUT2D eigenvalue weighted by Crippen LogP contribution is -2.10. The zero-order chi connectivity index (χ0) is 9.68. The van der Waals surface area contributed by atoms with Gasteiger partial charge in [-0.25, -0.2) is 0 Å². The van der Waals surface area contributed by atoms with Gasteiger partial charge in [0.1, 0.15) is 5.69 Å². The highest BCUT2D eigenvalue weighted by Crippen LogP contribution is 1.95. The maximum atomic E-state index is 11.3. The number of aliphatic imine (C=N–C) groups is 1. The number of carbonyl (C=O) groups excluding carboxylic acids is 1. The molecule has 0 aliphatic heterocycles. The quantitative estimate of drug-likeness (QED) is 0.496. The number of rotatable bonds is 2. The van der Waals surface area contributed by atoms with Crippen LogP contribution >= 0.6 is 0 Å². The van der Waals surface area contributed by atoms with Crippen LogP contribution in [0.3, 0.4) is 0 Å². The second-order valence-corrected chi connectivity index (χ2v) is 2.73. The predicted octanol–water partition coefficient (Wildman–Crippen LogP) is 0.812. The summed E-state index contributed by atoms with van der Waals surface area (Å²) < 4.78 is 0. The van der Waals surface area contributed by atoms with Gasteiger partial charge in [0, 0.05) is 20.3 Å². The highest BCUT2D eigenvalue weighted by atomic mass is 16.1. The van der Waals surface area contributed by atoms with E-state index in [1.807, 2.05) is 0 Å². The van der Waals surface area contributed by atoms with Gasteiger partial charge in [-0.1, -0.05) is 6.07 Å². The minimum Gasteiger partial charge on any atom is -0.369 e. The minimum atomic E-state index is -0.325. The molecule has 4 heteroatoms. The lowest BCUT2D eigenvalue weighted by molar-refractivity contribution is 0.0997. The van der Waals surface area contributed by atoms with Gasteiger partial charge in [-0.05, 0) is 12.1 Å². The van der Waals surface area contributed by atoms with E-state index < -0.39 is 0 Å². The standard InChI is InChI=1S/C9H11N3O/c1-12(2)7-11-9(13)8-5-3-4-6-10-8/h3-7H,1-2H3. The molecule has 1 amide bonds. The average molecular weight is 177 g/mol. The highest BCUT2D eigenvalue weighted by Gasteiger charge is 2.01. The molecule has 4 nitrogen and oxygen atoms in total. The van der Waals surface area contributed by atoms with E-state index in [1.165, 1.54) is 6.34 Å². The molecule has 0 saturated carbocycles. The fourth-order valence-corrected chi connectivity index (χ4v) is 0.723. The van der Waals surface area contributed by atoms with Gasteiger partial charge in [-0.15, -0.1) is 0 Å². The molecule has 0 aliphatic rings. The second-order valence-electron chi connectivity index (χ2n) is 2.73. The van der Waals surface area contributed by atoms with Crippen molar-refractivity contribution in [2.75, 3.05) is 14.1 Å². The van der Waals surface area contributed by atoms with Gasteiger partial charge in [0.05, 0.1) is 6.34 Å². The van der Waals surface area contributed by atoms with E-state index in [2.05, 4.69) is 9.98 Å². The molecule has 0 aliphatic carbocycles. The van der Waals surface area contributed by atoms with Crippen LogP contribution in [0.4, 0.5) is 0 Å². The first-order chi connectivity index (χ1) is 6.20. The first-order valence-corrected chi connectivity index (χ1v) is 3.86. The van der Waals surface area contributed by atoms with Gasteiger partial charge >= 0.3 is 0 Å². The summed E-state index contributed by atoms with van der Waals surface area (Å²) in [6.07, 6.45) is 3.02. The van der Waals surface area contributed by atoms with Crippen LogP contribution < -0.4 is 0 Å². The molecule has 1 rings (SSSR count). The van der Waals surface area contributed by atoms with Crippen molar-refractivity contribution in [3.8, 4) is 0 Å². The van der Waals surface area contributed by atoms with E-state index in [0.717, 1.165) is 0 Å². The van der Waals surface area contributed by atoms with Crippen molar-refractivity contribution >= 4 is 12.2 Å². The predicted molar refractivity (Wildman–Crippen MR) is 50.7 cm³/mol. The molecule has 0 N–H and O–H groups in total. The third-order valence-corrected chi connectivity index (χ3v) is 1.29. The van der Waals surface area contributed by atoms with Crippen LogP contribution in [0.2, 0.25) is 0 Å². The molecule has 1 aromatic heterocycles. The molecular formula is C9H11N3O. The summed E-state index contributed by atoms with van der Waals surface area (Å²) in [6, 6.07) is 5.15. The molecule has 0 atom stereocenters. The zero-order valence-electron chi connectivity index (χ0n) is 7.64. The molecule has 1 heterocycles. The van der Waals surface area contributed by atoms with E-state index >= 15 is 0 Å². The SMILES string of the molecule is CN(C)C=NC(=O)c1ccccn1. The first-order valence-electron chi connectivity index (χ1n) is 3.86. The fourth-order valence-electron chi connectivity index (χ4n) is 0.723. The molecule has 0 saturated heterocycles. The average Bonchev–Trinajstić information content (AvgIpc) is 2.15. The van der Waals surface area contributed by atoms with Crippen molar-refractivity contribution in [2.24, 2.45) is 4.99 Å².